The van der Waals surface area contributed by atoms with Crippen LogP contribution >= 0.6 is 23.2 Å². The third-order valence-corrected chi connectivity index (χ3v) is 3.70. The standard InChI is InChI=1S/C17H16Cl2N2O3/c18-13-8-9-15(19)14(11-13)16(22)20-21-17(23)24-10-4-7-12-5-2-1-3-6-12/h1-3,5-6,8-9,11H,4,7,10H2,(H,20,22)(H,21,23). The van der Waals surface area contributed by atoms with E-state index in [1.54, 1.807) is 6.07 Å². The molecule has 0 aromatic heterocycles. The van der Waals surface area contributed by atoms with E-state index in [4.69, 9.17) is 27.9 Å². The Morgan fingerprint density at radius 3 is 2.50 bits per heavy atom. The molecule has 0 spiro atoms. The highest BCUT2D eigenvalue weighted by Crippen LogP contribution is 2.20. The van der Waals surface area contributed by atoms with Gasteiger partial charge in [-0.1, -0.05) is 53.5 Å². The lowest BCUT2D eigenvalue weighted by Gasteiger charge is -2.09. The van der Waals surface area contributed by atoms with Crippen LogP contribution in [-0.4, -0.2) is 18.6 Å². The molecule has 0 radical (unpaired) electrons. The Kier molecular flexibility index (Phi) is 6.90. The fourth-order valence-electron chi connectivity index (χ4n) is 1.97. The summed E-state index contributed by atoms with van der Waals surface area (Å²) in [6.45, 7) is 0.245. The third-order valence-electron chi connectivity index (χ3n) is 3.14. The van der Waals surface area contributed by atoms with Crippen molar-refractivity contribution in [3.05, 3.63) is 69.7 Å². The summed E-state index contributed by atoms with van der Waals surface area (Å²) < 4.78 is 4.98. The number of hydrazine groups is 1. The minimum atomic E-state index is -0.741. The van der Waals surface area contributed by atoms with E-state index in [0.29, 0.717) is 11.4 Å². The van der Waals surface area contributed by atoms with E-state index in [2.05, 4.69) is 10.9 Å². The Hall–Kier alpha value is -2.24. The Morgan fingerprint density at radius 1 is 1.00 bits per heavy atom. The summed E-state index contributed by atoms with van der Waals surface area (Å²) in [6, 6.07) is 14.4. The number of ether oxygens (including phenoxy) is 1. The molecule has 0 bridgehead atoms. The Balaban J connectivity index is 1.69. The SMILES string of the molecule is O=C(NNC(=O)c1cc(Cl)ccc1Cl)OCCCc1ccccc1. The highest BCUT2D eigenvalue weighted by Gasteiger charge is 2.12. The van der Waals surface area contributed by atoms with E-state index in [9.17, 15) is 9.59 Å². The lowest BCUT2D eigenvalue weighted by molar-refractivity contribution is 0.0909. The maximum atomic E-state index is 11.9. The Bertz CT molecular complexity index is 708. The smallest absolute Gasteiger partial charge is 0.426 e. The number of rotatable bonds is 5. The van der Waals surface area contributed by atoms with Gasteiger partial charge in [-0.3, -0.25) is 10.2 Å². The van der Waals surface area contributed by atoms with Crippen molar-refractivity contribution < 1.29 is 14.3 Å². The monoisotopic (exact) mass is 366 g/mol. The molecular weight excluding hydrogens is 351 g/mol. The van der Waals surface area contributed by atoms with Crippen LogP contribution in [0.5, 0.6) is 0 Å². The van der Waals surface area contributed by atoms with Crippen LogP contribution in [0.15, 0.2) is 48.5 Å². The number of halogens is 2. The van der Waals surface area contributed by atoms with Crippen LogP contribution in [0, 0.1) is 0 Å². The van der Waals surface area contributed by atoms with Gasteiger partial charge in [-0.05, 0) is 36.6 Å². The van der Waals surface area contributed by atoms with E-state index in [1.165, 1.54) is 17.7 Å². The van der Waals surface area contributed by atoms with Gasteiger partial charge < -0.3 is 4.74 Å². The number of benzene rings is 2. The van der Waals surface area contributed by atoms with Gasteiger partial charge in [0.1, 0.15) is 0 Å². The van der Waals surface area contributed by atoms with E-state index in [1.807, 2.05) is 30.3 Å². The van der Waals surface area contributed by atoms with Gasteiger partial charge >= 0.3 is 6.09 Å². The van der Waals surface area contributed by atoms with E-state index in [0.717, 1.165) is 6.42 Å². The largest absolute Gasteiger partial charge is 0.448 e. The van der Waals surface area contributed by atoms with Crippen molar-refractivity contribution >= 4 is 35.2 Å². The molecule has 0 aliphatic heterocycles. The minimum Gasteiger partial charge on any atom is -0.448 e. The van der Waals surface area contributed by atoms with Crippen LogP contribution in [0.2, 0.25) is 10.0 Å². The molecule has 0 saturated heterocycles. The van der Waals surface area contributed by atoms with Gasteiger partial charge in [0.05, 0.1) is 17.2 Å². The van der Waals surface area contributed by atoms with E-state index < -0.39 is 12.0 Å². The molecular formula is C17H16Cl2N2O3. The normalized spacial score (nSPS) is 10.1. The molecule has 0 saturated carbocycles. The molecule has 0 fully saturated rings. The molecule has 0 aliphatic rings. The number of aryl methyl sites for hydroxylation is 1. The summed E-state index contributed by atoms with van der Waals surface area (Å²) in [5.74, 6) is -0.580. The summed E-state index contributed by atoms with van der Waals surface area (Å²) in [4.78, 5) is 23.4. The number of hydrogen-bond acceptors (Lipinski definition) is 3. The van der Waals surface area contributed by atoms with Gasteiger partial charge in [-0.25, -0.2) is 10.2 Å². The Labute approximate surface area is 149 Å². The summed E-state index contributed by atoms with van der Waals surface area (Å²) >= 11 is 11.7. The fourth-order valence-corrected chi connectivity index (χ4v) is 2.34. The average Bonchev–Trinajstić information content (AvgIpc) is 2.59. The number of carbonyl (C=O) groups is 2. The number of amides is 2. The molecule has 2 N–H and O–H groups in total. The van der Waals surface area contributed by atoms with Crippen molar-refractivity contribution in [3.63, 3.8) is 0 Å². The van der Waals surface area contributed by atoms with Gasteiger partial charge in [0.2, 0.25) is 0 Å². The van der Waals surface area contributed by atoms with Gasteiger partial charge in [0, 0.05) is 5.02 Å². The van der Waals surface area contributed by atoms with E-state index in [-0.39, 0.29) is 17.2 Å². The first-order valence-electron chi connectivity index (χ1n) is 7.28. The molecule has 0 heterocycles. The predicted octanol–water partition coefficient (Wildman–Crippen LogP) is 4.00. The van der Waals surface area contributed by atoms with Crippen LogP contribution in [0.4, 0.5) is 4.79 Å². The van der Waals surface area contributed by atoms with Gasteiger partial charge in [-0.2, -0.15) is 0 Å². The topological polar surface area (TPSA) is 67.4 Å². The first kappa shape index (κ1) is 18.1. The first-order valence-corrected chi connectivity index (χ1v) is 8.04. The second kappa shape index (κ2) is 9.15. The summed E-state index contributed by atoms with van der Waals surface area (Å²) in [6.07, 6.45) is 0.749. The van der Waals surface area contributed by atoms with Gasteiger partial charge in [-0.15, -0.1) is 0 Å². The van der Waals surface area contributed by atoms with Crippen LogP contribution in [-0.2, 0) is 11.2 Å². The lowest BCUT2D eigenvalue weighted by Crippen LogP contribution is -2.42. The van der Waals surface area contributed by atoms with Crippen molar-refractivity contribution in [1.82, 2.24) is 10.9 Å². The van der Waals surface area contributed by atoms with Crippen molar-refractivity contribution in [3.8, 4) is 0 Å². The van der Waals surface area contributed by atoms with Crippen molar-refractivity contribution in [2.75, 3.05) is 6.61 Å². The fraction of sp³-hybridized carbons (Fsp3) is 0.176. The number of carbonyl (C=O) groups excluding carboxylic acids is 2. The molecule has 0 unspecified atom stereocenters. The highest BCUT2D eigenvalue weighted by atomic mass is 35.5. The average molecular weight is 367 g/mol. The van der Waals surface area contributed by atoms with Crippen LogP contribution < -0.4 is 10.9 Å². The summed E-state index contributed by atoms with van der Waals surface area (Å²) in [5.41, 5.74) is 5.72. The summed E-state index contributed by atoms with van der Waals surface area (Å²) in [7, 11) is 0. The zero-order valence-electron chi connectivity index (χ0n) is 12.7. The van der Waals surface area contributed by atoms with E-state index >= 15 is 0 Å². The maximum absolute atomic E-state index is 11.9. The molecule has 5 nitrogen and oxygen atoms in total. The molecule has 2 rings (SSSR count). The Morgan fingerprint density at radius 2 is 1.75 bits per heavy atom. The quantitative estimate of drug-likeness (QED) is 0.620. The predicted molar refractivity (Wildman–Crippen MR) is 93.2 cm³/mol. The third kappa shape index (κ3) is 5.76. The number of hydrogen-bond donors (Lipinski definition) is 2. The minimum absolute atomic E-state index is 0.161. The second-order valence-electron chi connectivity index (χ2n) is 4.93. The molecule has 0 atom stereocenters. The molecule has 2 aromatic rings. The van der Waals surface area contributed by atoms with Crippen LogP contribution in [0.1, 0.15) is 22.3 Å². The van der Waals surface area contributed by atoms with Crippen LogP contribution in [0.3, 0.4) is 0 Å². The van der Waals surface area contributed by atoms with Gasteiger partial charge in [0.25, 0.3) is 5.91 Å². The molecule has 2 amide bonds. The van der Waals surface area contributed by atoms with Crippen molar-refractivity contribution in [1.29, 1.82) is 0 Å². The lowest BCUT2D eigenvalue weighted by atomic mass is 10.1. The van der Waals surface area contributed by atoms with Gasteiger partial charge in [0.15, 0.2) is 0 Å². The molecule has 7 heteroatoms. The van der Waals surface area contributed by atoms with Crippen molar-refractivity contribution in [2.45, 2.75) is 12.8 Å². The summed E-state index contributed by atoms with van der Waals surface area (Å²) in [5, 5.41) is 0.600. The zero-order chi connectivity index (χ0) is 17.4. The molecule has 0 aliphatic carbocycles. The molecule has 24 heavy (non-hydrogen) atoms. The zero-order valence-corrected chi connectivity index (χ0v) is 14.2. The molecule has 126 valence electrons. The highest BCUT2D eigenvalue weighted by molar-refractivity contribution is 6.35. The second-order valence-corrected chi connectivity index (χ2v) is 5.77. The van der Waals surface area contributed by atoms with Crippen molar-refractivity contribution in [2.24, 2.45) is 0 Å². The van der Waals surface area contributed by atoms with Crippen LogP contribution in [0.25, 0.3) is 0 Å². The maximum Gasteiger partial charge on any atom is 0.426 e. The first-order chi connectivity index (χ1) is 11.6. The number of nitrogens with one attached hydrogen (secondary N) is 2. The molecule has 2 aromatic carbocycles.